The first-order chi connectivity index (χ1) is 13.2. The van der Waals surface area contributed by atoms with Gasteiger partial charge < -0.3 is 9.64 Å². The van der Waals surface area contributed by atoms with E-state index < -0.39 is 20.6 Å². The summed E-state index contributed by atoms with van der Waals surface area (Å²) in [4.78, 5) is 12.7. The lowest BCUT2D eigenvalue weighted by Crippen LogP contribution is -2.47. The second-order valence-corrected chi connectivity index (χ2v) is 9.05. The molecule has 2 aromatic carbocycles. The number of likely N-dealkylation sites (N-methyl/N-ethyl adjacent to an activating group) is 1. The van der Waals surface area contributed by atoms with E-state index in [2.05, 4.69) is 0 Å². The predicted octanol–water partition coefficient (Wildman–Crippen LogP) is 3.63. The number of nitro groups is 1. The maximum atomic E-state index is 12.8. The van der Waals surface area contributed by atoms with E-state index >= 15 is 0 Å². The molecule has 1 aliphatic rings. The second kappa shape index (κ2) is 8.22. The van der Waals surface area contributed by atoms with Crippen molar-refractivity contribution in [2.24, 2.45) is 0 Å². The molecule has 1 heterocycles. The van der Waals surface area contributed by atoms with E-state index in [-0.39, 0.29) is 21.4 Å². The molecule has 0 saturated carbocycles. The van der Waals surface area contributed by atoms with Crippen LogP contribution in [0.25, 0.3) is 0 Å². The minimum Gasteiger partial charge on any atom is -0.449 e. The van der Waals surface area contributed by atoms with Gasteiger partial charge in [0.1, 0.15) is 5.75 Å². The van der Waals surface area contributed by atoms with Gasteiger partial charge in [-0.1, -0.05) is 23.2 Å². The van der Waals surface area contributed by atoms with Crippen molar-refractivity contribution in [3.63, 3.8) is 0 Å². The quantitative estimate of drug-likeness (QED) is 0.515. The minimum atomic E-state index is -3.84. The molecule has 28 heavy (non-hydrogen) atoms. The van der Waals surface area contributed by atoms with Crippen LogP contribution in [0.1, 0.15) is 0 Å². The summed E-state index contributed by atoms with van der Waals surface area (Å²) in [6.07, 6.45) is 0. The van der Waals surface area contributed by atoms with E-state index in [9.17, 15) is 18.5 Å². The maximum Gasteiger partial charge on any atom is 0.312 e. The smallest absolute Gasteiger partial charge is 0.312 e. The average Bonchev–Trinajstić information content (AvgIpc) is 2.64. The fourth-order valence-electron chi connectivity index (χ4n) is 2.74. The van der Waals surface area contributed by atoms with Gasteiger partial charge in [-0.3, -0.25) is 10.1 Å². The summed E-state index contributed by atoms with van der Waals surface area (Å²) in [7, 11) is -1.94. The molecule has 1 saturated heterocycles. The van der Waals surface area contributed by atoms with Crippen molar-refractivity contribution >= 4 is 38.9 Å². The van der Waals surface area contributed by atoms with Crippen molar-refractivity contribution in [3.8, 4) is 11.5 Å². The highest BCUT2D eigenvalue weighted by Crippen LogP contribution is 2.37. The Morgan fingerprint density at radius 1 is 1.04 bits per heavy atom. The van der Waals surface area contributed by atoms with Crippen molar-refractivity contribution in [1.82, 2.24) is 9.21 Å². The Kier molecular flexibility index (Phi) is 6.11. The van der Waals surface area contributed by atoms with E-state index in [1.54, 1.807) is 0 Å². The van der Waals surface area contributed by atoms with Gasteiger partial charge in [0, 0.05) is 37.3 Å². The molecule has 8 nitrogen and oxygen atoms in total. The lowest BCUT2D eigenvalue weighted by atomic mass is 10.3. The SMILES string of the molecule is CN1CCN(S(=O)(=O)c2ccc(Oc3ccc(Cl)cc3Cl)c([N+](=O)[O-])c2)CC1. The fourth-order valence-corrected chi connectivity index (χ4v) is 4.63. The van der Waals surface area contributed by atoms with E-state index in [1.807, 2.05) is 11.9 Å². The van der Waals surface area contributed by atoms with Crippen LogP contribution in [0.3, 0.4) is 0 Å². The van der Waals surface area contributed by atoms with Gasteiger partial charge in [-0.15, -0.1) is 0 Å². The van der Waals surface area contributed by atoms with Crippen LogP contribution in [0.4, 0.5) is 5.69 Å². The molecule has 0 bridgehead atoms. The second-order valence-electron chi connectivity index (χ2n) is 6.27. The number of hydrogen-bond donors (Lipinski definition) is 0. The van der Waals surface area contributed by atoms with Crippen molar-refractivity contribution < 1.29 is 18.1 Å². The van der Waals surface area contributed by atoms with Crippen LogP contribution in [0, 0.1) is 10.1 Å². The van der Waals surface area contributed by atoms with Gasteiger partial charge in [0.2, 0.25) is 15.8 Å². The van der Waals surface area contributed by atoms with Crippen LogP contribution in [0.15, 0.2) is 41.3 Å². The Morgan fingerprint density at radius 3 is 2.29 bits per heavy atom. The Balaban J connectivity index is 1.94. The van der Waals surface area contributed by atoms with E-state index in [4.69, 9.17) is 27.9 Å². The molecular formula is C17H17Cl2N3O5S. The summed E-state index contributed by atoms with van der Waals surface area (Å²) >= 11 is 11.9. The zero-order valence-electron chi connectivity index (χ0n) is 14.8. The Hall–Kier alpha value is -1.91. The molecule has 0 radical (unpaired) electrons. The first-order valence-electron chi connectivity index (χ1n) is 8.28. The zero-order chi connectivity index (χ0) is 20.5. The van der Waals surface area contributed by atoms with E-state index in [0.29, 0.717) is 31.2 Å². The lowest BCUT2D eigenvalue weighted by Gasteiger charge is -2.31. The van der Waals surface area contributed by atoms with Gasteiger partial charge in [0.05, 0.1) is 14.8 Å². The standard InChI is InChI=1S/C17H17Cl2N3O5S/c1-20-6-8-21(9-7-20)28(25,26)13-3-5-17(15(11-13)22(23)24)27-16-4-2-12(18)10-14(16)19/h2-5,10-11H,6-9H2,1H3. The van der Waals surface area contributed by atoms with Crippen LogP contribution in [-0.4, -0.2) is 55.8 Å². The average molecular weight is 446 g/mol. The summed E-state index contributed by atoms with van der Waals surface area (Å²) in [5.74, 6) is 0.0513. The molecule has 0 aromatic heterocycles. The molecule has 1 fully saturated rings. The fraction of sp³-hybridized carbons (Fsp3) is 0.294. The van der Waals surface area contributed by atoms with E-state index in [0.717, 1.165) is 6.07 Å². The first-order valence-corrected chi connectivity index (χ1v) is 10.5. The molecule has 0 spiro atoms. The van der Waals surface area contributed by atoms with Crippen molar-refractivity contribution in [2.75, 3.05) is 33.2 Å². The monoisotopic (exact) mass is 445 g/mol. The van der Waals surface area contributed by atoms with Crippen LogP contribution in [0.2, 0.25) is 10.0 Å². The number of sulfonamides is 1. The molecule has 0 N–H and O–H groups in total. The summed E-state index contributed by atoms with van der Waals surface area (Å²) in [6, 6.07) is 8.00. The highest BCUT2D eigenvalue weighted by molar-refractivity contribution is 7.89. The molecule has 3 rings (SSSR count). The van der Waals surface area contributed by atoms with Crippen molar-refractivity contribution in [1.29, 1.82) is 0 Å². The first kappa shape index (κ1) is 20.8. The molecule has 11 heteroatoms. The maximum absolute atomic E-state index is 12.8. The molecule has 0 aliphatic carbocycles. The number of nitrogens with zero attached hydrogens (tertiary/aromatic N) is 3. The summed E-state index contributed by atoms with van der Waals surface area (Å²) in [5.41, 5.74) is -0.471. The number of ether oxygens (including phenoxy) is 1. The minimum absolute atomic E-state index is 0.119. The third-order valence-corrected chi connectivity index (χ3v) is 6.77. The number of nitro benzene ring substituents is 1. The van der Waals surface area contributed by atoms with Gasteiger partial charge in [-0.25, -0.2) is 8.42 Å². The number of hydrogen-bond acceptors (Lipinski definition) is 6. The normalized spacial score (nSPS) is 16.1. The zero-order valence-corrected chi connectivity index (χ0v) is 17.2. The number of rotatable bonds is 5. The largest absolute Gasteiger partial charge is 0.449 e. The van der Waals surface area contributed by atoms with Gasteiger partial charge in [-0.05, 0) is 37.4 Å². The summed E-state index contributed by atoms with van der Waals surface area (Å²) in [5, 5.41) is 12.1. The van der Waals surface area contributed by atoms with Gasteiger partial charge >= 0.3 is 5.69 Å². The van der Waals surface area contributed by atoms with Crippen molar-refractivity contribution in [2.45, 2.75) is 4.90 Å². The van der Waals surface area contributed by atoms with Crippen LogP contribution in [-0.2, 0) is 10.0 Å². The molecule has 0 amide bonds. The number of benzene rings is 2. The topological polar surface area (TPSA) is 93.0 Å². The molecule has 0 atom stereocenters. The molecule has 1 aliphatic heterocycles. The number of halogens is 2. The van der Waals surface area contributed by atoms with Crippen LogP contribution in [0.5, 0.6) is 11.5 Å². The Morgan fingerprint density at radius 2 is 1.68 bits per heavy atom. The van der Waals surface area contributed by atoms with E-state index in [1.165, 1.54) is 34.6 Å². The highest BCUT2D eigenvalue weighted by atomic mass is 35.5. The number of piperazine rings is 1. The molecule has 0 unspecified atom stereocenters. The van der Waals surface area contributed by atoms with Gasteiger partial charge in [0.15, 0.2) is 0 Å². The van der Waals surface area contributed by atoms with Crippen molar-refractivity contribution in [3.05, 3.63) is 56.6 Å². The Bertz CT molecular complexity index is 1010. The third kappa shape index (κ3) is 4.39. The lowest BCUT2D eigenvalue weighted by molar-refractivity contribution is -0.385. The molecule has 150 valence electrons. The summed E-state index contributed by atoms with van der Waals surface area (Å²) in [6.45, 7) is 1.84. The molecule has 2 aromatic rings. The summed E-state index contributed by atoms with van der Waals surface area (Å²) < 4.78 is 32.5. The third-order valence-electron chi connectivity index (χ3n) is 4.34. The van der Waals surface area contributed by atoms with Gasteiger partial charge in [-0.2, -0.15) is 4.31 Å². The predicted molar refractivity (Wildman–Crippen MR) is 106 cm³/mol. The van der Waals surface area contributed by atoms with Crippen LogP contribution < -0.4 is 4.74 Å². The van der Waals surface area contributed by atoms with Gasteiger partial charge in [0.25, 0.3) is 0 Å². The Labute approximate surface area is 172 Å². The highest BCUT2D eigenvalue weighted by Gasteiger charge is 2.30. The van der Waals surface area contributed by atoms with Crippen LogP contribution >= 0.6 is 23.2 Å². The molecular weight excluding hydrogens is 429 g/mol.